The largest absolute Gasteiger partial charge is 0.476 e. The Labute approximate surface area is 96.4 Å². The van der Waals surface area contributed by atoms with Crippen LogP contribution in [0.15, 0.2) is 12.4 Å². The van der Waals surface area contributed by atoms with Crippen molar-refractivity contribution in [3.63, 3.8) is 0 Å². The summed E-state index contributed by atoms with van der Waals surface area (Å²) in [5, 5.41) is 3.04. The first kappa shape index (κ1) is 11.3. The van der Waals surface area contributed by atoms with Gasteiger partial charge in [0.1, 0.15) is 0 Å². The molecule has 0 atom stereocenters. The molecule has 1 heterocycles. The normalized spacial score (nSPS) is 16.6. The summed E-state index contributed by atoms with van der Waals surface area (Å²) in [6.45, 7) is 1.54. The molecule has 0 aromatic carbocycles. The molecule has 0 unspecified atom stereocenters. The van der Waals surface area contributed by atoms with E-state index < -0.39 is 0 Å². The van der Waals surface area contributed by atoms with Gasteiger partial charge in [0.25, 0.3) is 0 Å². The first-order valence-corrected chi connectivity index (χ1v) is 5.97. The predicted octanol–water partition coefficient (Wildman–Crippen LogP) is 1.77. The van der Waals surface area contributed by atoms with Crippen molar-refractivity contribution < 1.29 is 4.74 Å². The molecular formula is C12H19N3O. The zero-order valence-corrected chi connectivity index (χ0v) is 9.78. The van der Waals surface area contributed by atoms with Gasteiger partial charge in [-0.2, -0.15) is 0 Å². The average Bonchev–Trinajstić information content (AvgIpc) is 2.82. The van der Waals surface area contributed by atoms with Crippen molar-refractivity contribution >= 4 is 0 Å². The summed E-state index contributed by atoms with van der Waals surface area (Å²) in [5.74, 6) is 1.37. The van der Waals surface area contributed by atoms with Gasteiger partial charge in [-0.15, -0.1) is 0 Å². The fraction of sp³-hybridized carbons (Fsp3) is 0.667. The van der Waals surface area contributed by atoms with Crippen LogP contribution in [0.4, 0.5) is 0 Å². The third-order valence-electron chi connectivity index (χ3n) is 2.98. The van der Waals surface area contributed by atoms with E-state index in [2.05, 4.69) is 15.3 Å². The molecule has 1 aliphatic carbocycles. The molecule has 1 saturated carbocycles. The van der Waals surface area contributed by atoms with E-state index in [1.54, 1.807) is 12.4 Å². The van der Waals surface area contributed by atoms with Gasteiger partial charge in [-0.25, -0.2) is 4.98 Å². The number of hydrogen-bond acceptors (Lipinski definition) is 4. The molecule has 0 spiro atoms. The van der Waals surface area contributed by atoms with Crippen LogP contribution in [0.3, 0.4) is 0 Å². The Bertz CT molecular complexity index is 307. The lowest BCUT2D eigenvalue weighted by molar-refractivity contribution is 0.242. The monoisotopic (exact) mass is 221 g/mol. The van der Waals surface area contributed by atoms with Crippen molar-refractivity contribution in [3.8, 4) is 5.88 Å². The van der Waals surface area contributed by atoms with Crippen LogP contribution >= 0.6 is 0 Å². The number of hydrogen-bond donors (Lipinski definition) is 1. The van der Waals surface area contributed by atoms with Gasteiger partial charge in [0.05, 0.1) is 24.7 Å². The van der Waals surface area contributed by atoms with Crippen LogP contribution in [0.2, 0.25) is 0 Å². The molecule has 0 bridgehead atoms. The third-order valence-corrected chi connectivity index (χ3v) is 2.98. The second-order valence-corrected chi connectivity index (χ2v) is 4.34. The first-order valence-electron chi connectivity index (χ1n) is 5.97. The van der Waals surface area contributed by atoms with Gasteiger partial charge in [-0.05, 0) is 25.8 Å². The van der Waals surface area contributed by atoms with Gasteiger partial charge in [0.15, 0.2) is 0 Å². The highest BCUT2D eigenvalue weighted by Crippen LogP contribution is 2.24. The molecular weight excluding hydrogens is 202 g/mol. The smallest absolute Gasteiger partial charge is 0.232 e. The van der Waals surface area contributed by atoms with Gasteiger partial charge in [-0.3, -0.25) is 4.98 Å². The second-order valence-electron chi connectivity index (χ2n) is 4.34. The maximum absolute atomic E-state index is 5.63. The fourth-order valence-corrected chi connectivity index (χ4v) is 2.07. The SMILES string of the molecule is CNCc1cnc(OCC2CCCC2)cn1. The number of nitrogens with one attached hydrogen (secondary N) is 1. The third kappa shape index (κ3) is 3.17. The lowest BCUT2D eigenvalue weighted by Crippen LogP contribution is -2.10. The number of aromatic nitrogens is 2. The van der Waals surface area contributed by atoms with Crippen molar-refractivity contribution in [1.82, 2.24) is 15.3 Å². The van der Waals surface area contributed by atoms with Crippen LogP contribution in [0.1, 0.15) is 31.4 Å². The van der Waals surface area contributed by atoms with E-state index in [0.29, 0.717) is 5.88 Å². The molecule has 1 aliphatic rings. The predicted molar refractivity (Wildman–Crippen MR) is 62.2 cm³/mol. The highest BCUT2D eigenvalue weighted by atomic mass is 16.5. The van der Waals surface area contributed by atoms with E-state index in [0.717, 1.165) is 24.8 Å². The Morgan fingerprint density at radius 2 is 2.12 bits per heavy atom. The van der Waals surface area contributed by atoms with Crippen LogP contribution < -0.4 is 10.1 Å². The quantitative estimate of drug-likeness (QED) is 0.823. The summed E-state index contributed by atoms with van der Waals surface area (Å²) in [6, 6.07) is 0. The van der Waals surface area contributed by atoms with Gasteiger partial charge in [0, 0.05) is 6.54 Å². The second kappa shape index (κ2) is 5.80. The summed E-state index contributed by atoms with van der Waals surface area (Å²) in [6.07, 6.45) is 8.76. The molecule has 0 saturated heterocycles. The molecule has 1 aromatic heterocycles. The standard InChI is InChI=1S/C12H19N3O/c1-13-6-11-7-15-12(8-14-11)16-9-10-4-2-3-5-10/h7-8,10,13H,2-6,9H2,1H3. The number of ether oxygens (including phenoxy) is 1. The number of nitrogens with zero attached hydrogens (tertiary/aromatic N) is 2. The minimum absolute atomic E-state index is 0.645. The summed E-state index contributed by atoms with van der Waals surface area (Å²) in [5.41, 5.74) is 0.940. The topological polar surface area (TPSA) is 47.0 Å². The highest BCUT2D eigenvalue weighted by molar-refractivity contribution is 5.07. The van der Waals surface area contributed by atoms with E-state index in [4.69, 9.17) is 4.74 Å². The van der Waals surface area contributed by atoms with Crippen molar-refractivity contribution in [2.24, 2.45) is 5.92 Å². The zero-order valence-electron chi connectivity index (χ0n) is 9.78. The van der Waals surface area contributed by atoms with Crippen molar-refractivity contribution in [3.05, 3.63) is 18.1 Å². The lowest BCUT2D eigenvalue weighted by atomic mass is 10.1. The van der Waals surface area contributed by atoms with Crippen LogP contribution in [-0.2, 0) is 6.54 Å². The molecule has 2 rings (SSSR count). The fourth-order valence-electron chi connectivity index (χ4n) is 2.07. The maximum Gasteiger partial charge on any atom is 0.232 e. The minimum atomic E-state index is 0.645. The van der Waals surface area contributed by atoms with Gasteiger partial charge < -0.3 is 10.1 Å². The van der Waals surface area contributed by atoms with Gasteiger partial charge in [0.2, 0.25) is 5.88 Å². The molecule has 4 heteroatoms. The molecule has 0 amide bonds. The molecule has 1 N–H and O–H groups in total. The van der Waals surface area contributed by atoms with Gasteiger partial charge >= 0.3 is 0 Å². The summed E-state index contributed by atoms with van der Waals surface area (Å²) in [4.78, 5) is 8.50. The van der Waals surface area contributed by atoms with E-state index in [1.165, 1.54) is 25.7 Å². The molecule has 16 heavy (non-hydrogen) atoms. The Morgan fingerprint density at radius 3 is 2.75 bits per heavy atom. The zero-order chi connectivity index (χ0) is 11.2. The summed E-state index contributed by atoms with van der Waals surface area (Å²) in [7, 11) is 1.90. The molecule has 1 aromatic rings. The molecule has 1 fully saturated rings. The summed E-state index contributed by atoms with van der Waals surface area (Å²) < 4.78 is 5.63. The lowest BCUT2D eigenvalue weighted by Gasteiger charge is -2.10. The van der Waals surface area contributed by atoms with Crippen molar-refractivity contribution in [1.29, 1.82) is 0 Å². The maximum atomic E-state index is 5.63. The molecule has 4 nitrogen and oxygen atoms in total. The molecule has 0 radical (unpaired) electrons. The minimum Gasteiger partial charge on any atom is -0.476 e. The summed E-state index contributed by atoms with van der Waals surface area (Å²) >= 11 is 0. The van der Waals surface area contributed by atoms with Crippen LogP contribution in [0, 0.1) is 5.92 Å². The first-order chi connectivity index (χ1) is 7.88. The Morgan fingerprint density at radius 1 is 1.31 bits per heavy atom. The van der Waals surface area contributed by atoms with Crippen LogP contribution in [0.5, 0.6) is 5.88 Å². The van der Waals surface area contributed by atoms with Crippen molar-refractivity contribution in [2.45, 2.75) is 32.2 Å². The Kier molecular flexibility index (Phi) is 4.10. The van der Waals surface area contributed by atoms with E-state index in [1.807, 2.05) is 7.05 Å². The van der Waals surface area contributed by atoms with E-state index in [9.17, 15) is 0 Å². The van der Waals surface area contributed by atoms with Crippen LogP contribution in [-0.4, -0.2) is 23.6 Å². The van der Waals surface area contributed by atoms with Crippen molar-refractivity contribution in [2.75, 3.05) is 13.7 Å². The Hall–Kier alpha value is -1.16. The average molecular weight is 221 g/mol. The molecule has 0 aliphatic heterocycles. The molecule has 88 valence electrons. The van der Waals surface area contributed by atoms with Crippen LogP contribution in [0.25, 0.3) is 0 Å². The van der Waals surface area contributed by atoms with E-state index >= 15 is 0 Å². The van der Waals surface area contributed by atoms with Gasteiger partial charge in [-0.1, -0.05) is 12.8 Å². The van der Waals surface area contributed by atoms with E-state index in [-0.39, 0.29) is 0 Å². The highest BCUT2D eigenvalue weighted by Gasteiger charge is 2.15. The number of rotatable bonds is 5. The Balaban J connectivity index is 1.80.